The van der Waals surface area contributed by atoms with Crippen molar-refractivity contribution in [3.05, 3.63) is 58.0 Å². The highest BCUT2D eigenvalue weighted by molar-refractivity contribution is 7.10. The fourth-order valence-electron chi connectivity index (χ4n) is 2.35. The summed E-state index contributed by atoms with van der Waals surface area (Å²) >= 11 is 1.60. The first-order valence-electron chi connectivity index (χ1n) is 6.32. The van der Waals surface area contributed by atoms with E-state index in [1.807, 2.05) is 23.6 Å². The van der Waals surface area contributed by atoms with Crippen LogP contribution in [0.4, 0.5) is 4.39 Å². The molecule has 3 rings (SSSR count). The van der Waals surface area contributed by atoms with E-state index in [0.717, 1.165) is 16.2 Å². The molecule has 0 saturated heterocycles. The van der Waals surface area contributed by atoms with Gasteiger partial charge >= 0.3 is 0 Å². The Labute approximate surface area is 120 Å². The number of nitrogens with zero attached hydrogens (tertiary/aromatic N) is 2. The molecule has 0 N–H and O–H groups in total. The van der Waals surface area contributed by atoms with Gasteiger partial charge in [-0.1, -0.05) is 18.2 Å². The summed E-state index contributed by atoms with van der Waals surface area (Å²) in [5, 5.41) is 7.85. The molecule has 0 bridgehead atoms. The molecule has 1 aliphatic rings. The van der Waals surface area contributed by atoms with Gasteiger partial charge in [0.15, 0.2) is 0 Å². The van der Waals surface area contributed by atoms with Gasteiger partial charge in [-0.05, 0) is 23.6 Å². The molecule has 0 spiro atoms. The van der Waals surface area contributed by atoms with Gasteiger partial charge in [-0.25, -0.2) is 9.40 Å². The van der Waals surface area contributed by atoms with E-state index in [0.29, 0.717) is 6.42 Å². The average molecular weight is 288 g/mol. The lowest BCUT2D eigenvalue weighted by atomic mass is 10.0. The predicted molar refractivity (Wildman–Crippen MR) is 77.1 cm³/mol. The fourth-order valence-corrected chi connectivity index (χ4v) is 3.16. The van der Waals surface area contributed by atoms with Gasteiger partial charge in [0.2, 0.25) is 5.91 Å². The highest BCUT2D eigenvalue weighted by Gasteiger charge is 2.31. The van der Waals surface area contributed by atoms with Crippen molar-refractivity contribution in [1.29, 1.82) is 0 Å². The molecule has 0 radical (unpaired) electrons. The Bertz CT molecular complexity index is 666. The lowest BCUT2D eigenvalue weighted by Gasteiger charge is -2.18. The molecule has 102 valence electrons. The normalized spacial score (nSPS) is 18.2. The number of carbonyl (C=O) groups is 1. The molecular weight excluding hydrogens is 275 g/mol. The van der Waals surface area contributed by atoms with Crippen LogP contribution in [0.2, 0.25) is 0 Å². The molecule has 1 aliphatic heterocycles. The van der Waals surface area contributed by atoms with Crippen LogP contribution < -0.4 is 0 Å². The van der Waals surface area contributed by atoms with E-state index < -0.39 is 0 Å². The van der Waals surface area contributed by atoms with E-state index in [9.17, 15) is 9.18 Å². The third-order valence-corrected chi connectivity index (χ3v) is 4.24. The molecule has 3 nitrogen and oxygen atoms in total. The Hall–Kier alpha value is -2.01. The first-order valence-corrected chi connectivity index (χ1v) is 7.20. The third-order valence-electron chi connectivity index (χ3n) is 3.26. The molecule has 1 aromatic heterocycles. The molecule has 1 aromatic carbocycles. The van der Waals surface area contributed by atoms with Crippen LogP contribution in [-0.2, 0) is 4.79 Å². The summed E-state index contributed by atoms with van der Waals surface area (Å²) in [6, 6.07) is 10.2. The van der Waals surface area contributed by atoms with Gasteiger partial charge in [0, 0.05) is 23.8 Å². The second-order valence-electron chi connectivity index (χ2n) is 4.66. The molecule has 20 heavy (non-hydrogen) atoms. The van der Waals surface area contributed by atoms with Gasteiger partial charge in [0.05, 0.1) is 11.8 Å². The third kappa shape index (κ3) is 2.36. The van der Waals surface area contributed by atoms with Crippen molar-refractivity contribution < 1.29 is 9.18 Å². The second-order valence-corrected chi connectivity index (χ2v) is 5.64. The summed E-state index contributed by atoms with van der Waals surface area (Å²) in [6.07, 6.45) is 0.615. The van der Waals surface area contributed by atoms with Crippen LogP contribution in [-0.4, -0.2) is 16.6 Å². The molecular formula is C15H13FN2OS. The van der Waals surface area contributed by atoms with Crippen molar-refractivity contribution in [2.75, 3.05) is 0 Å². The Kier molecular flexibility index (Phi) is 3.36. The first kappa shape index (κ1) is 13.0. The van der Waals surface area contributed by atoms with Gasteiger partial charge < -0.3 is 0 Å². The van der Waals surface area contributed by atoms with Crippen molar-refractivity contribution in [1.82, 2.24) is 5.01 Å². The number of hydrazone groups is 1. The minimum absolute atomic E-state index is 0.0780. The minimum atomic E-state index is -0.292. The zero-order chi connectivity index (χ0) is 14.1. The topological polar surface area (TPSA) is 32.7 Å². The Balaban J connectivity index is 1.95. The van der Waals surface area contributed by atoms with Crippen LogP contribution in [0.5, 0.6) is 0 Å². The van der Waals surface area contributed by atoms with E-state index >= 15 is 0 Å². The number of benzene rings is 1. The van der Waals surface area contributed by atoms with Crippen molar-refractivity contribution >= 4 is 23.0 Å². The summed E-state index contributed by atoms with van der Waals surface area (Å²) in [4.78, 5) is 12.8. The summed E-state index contributed by atoms with van der Waals surface area (Å²) in [5.74, 6) is -0.394. The van der Waals surface area contributed by atoms with Crippen LogP contribution in [0.1, 0.15) is 29.8 Å². The maximum Gasteiger partial charge on any atom is 0.240 e. The largest absolute Gasteiger partial charge is 0.273 e. The van der Waals surface area contributed by atoms with Gasteiger partial charge in [-0.15, -0.1) is 11.3 Å². The number of carbonyl (C=O) groups excluding carboxylic acids is 1. The van der Waals surface area contributed by atoms with E-state index in [1.54, 1.807) is 17.4 Å². The second kappa shape index (κ2) is 5.17. The molecule has 0 aliphatic carbocycles. The van der Waals surface area contributed by atoms with Gasteiger partial charge in [0.25, 0.3) is 0 Å². The highest BCUT2D eigenvalue weighted by Crippen LogP contribution is 2.35. The monoisotopic (exact) mass is 288 g/mol. The summed E-state index contributed by atoms with van der Waals surface area (Å²) < 4.78 is 13.3. The lowest BCUT2D eigenvalue weighted by Crippen LogP contribution is -2.23. The quantitative estimate of drug-likeness (QED) is 0.831. The van der Waals surface area contributed by atoms with Gasteiger partial charge in [-0.2, -0.15) is 5.10 Å². The smallest absolute Gasteiger partial charge is 0.240 e. The summed E-state index contributed by atoms with van der Waals surface area (Å²) in [6.45, 7) is 1.50. The molecule has 2 aromatic rings. The van der Waals surface area contributed by atoms with Crippen LogP contribution in [0.15, 0.2) is 46.9 Å². The maximum atomic E-state index is 13.3. The fraction of sp³-hybridized carbons (Fsp3) is 0.200. The van der Waals surface area contributed by atoms with Crippen molar-refractivity contribution in [3.63, 3.8) is 0 Å². The van der Waals surface area contributed by atoms with Crippen molar-refractivity contribution in [2.24, 2.45) is 5.10 Å². The van der Waals surface area contributed by atoms with Crippen LogP contribution in [0.25, 0.3) is 0 Å². The highest BCUT2D eigenvalue weighted by atomic mass is 32.1. The zero-order valence-electron chi connectivity index (χ0n) is 10.9. The number of thiophene rings is 1. The Morgan fingerprint density at radius 3 is 2.90 bits per heavy atom. The van der Waals surface area contributed by atoms with Crippen molar-refractivity contribution in [2.45, 2.75) is 19.4 Å². The number of hydrogen-bond acceptors (Lipinski definition) is 3. The van der Waals surface area contributed by atoms with E-state index in [4.69, 9.17) is 0 Å². The molecule has 0 saturated carbocycles. The van der Waals surface area contributed by atoms with Crippen LogP contribution in [0.3, 0.4) is 0 Å². The van der Waals surface area contributed by atoms with E-state index in [2.05, 4.69) is 5.10 Å². The van der Waals surface area contributed by atoms with Crippen LogP contribution in [0, 0.1) is 5.82 Å². The predicted octanol–water partition coefficient (Wildman–Crippen LogP) is 3.58. The number of hydrogen-bond donors (Lipinski definition) is 0. The molecule has 1 amide bonds. The van der Waals surface area contributed by atoms with Gasteiger partial charge in [-0.3, -0.25) is 4.79 Å². The number of amides is 1. The Morgan fingerprint density at radius 2 is 2.25 bits per heavy atom. The molecule has 1 unspecified atom stereocenters. The molecule has 1 atom stereocenters. The Morgan fingerprint density at radius 1 is 1.40 bits per heavy atom. The first-order chi connectivity index (χ1) is 9.65. The summed E-state index contributed by atoms with van der Waals surface area (Å²) in [7, 11) is 0. The molecule has 0 fully saturated rings. The number of rotatable bonds is 2. The lowest BCUT2D eigenvalue weighted by molar-refractivity contribution is -0.130. The van der Waals surface area contributed by atoms with E-state index in [1.165, 1.54) is 24.1 Å². The minimum Gasteiger partial charge on any atom is -0.273 e. The van der Waals surface area contributed by atoms with E-state index in [-0.39, 0.29) is 17.8 Å². The summed E-state index contributed by atoms with van der Waals surface area (Å²) in [5.41, 5.74) is 1.48. The molecule has 2 heterocycles. The zero-order valence-corrected chi connectivity index (χ0v) is 11.7. The number of halogens is 1. The van der Waals surface area contributed by atoms with Crippen LogP contribution >= 0.6 is 11.3 Å². The molecule has 5 heteroatoms. The van der Waals surface area contributed by atoms with Gasteiger partial charge in [0.1, 0.15) is 5.82 Å². The standard InChI is InChI=1S/C15H13FN2OS/c1-10(19)18-14(15-6-3-7-20-15)9-13(17-18)11-4-2-5-12(16)8-11/h2-8,14H,9H2,1H3. The maximum absolute atomic E-state index is 13.3. The average Bonchev–Trinajstić information content (AvgIpc) is 3.08. The van der Waals surface area contributed by atoms with Crippen molar-refractivity contribution in [3.8, 4) is 0 Å². The SMILES string of the molecule is CC(=O)N1N=C(c2cccc(F)c2)CC1c1cccs1.